The van der Waals surface area contributed by atoms with E-state index >= 15 is 0 Å². The zero-order valence-corrected chi connectivity index (χ0v) is 54.9. The van der Waals surface area contributed by atoms with Gasteiger partial charge in [0.2, 0.25) is 0 Å². The zero-order chi connectivity index (χ0) is 57.8. The molecule has 0 amide bonds. The summed E-state index contributed by atoms with van der Waals surface area (Å²) in [6.07, 6.45) is 83.4. The molecule has 0 saturated carbocycles. The van der Waals surface area contributed by atoms with E-state index in [0.29, 0.717) is 19.3 Å². The van der Waals surface area contributed by atoms with Crippen LogP contribution in [0.4, 0.5) is 0 Å². The van der Waals surface area contributed by atoms with Crippen LogP contribution in [0.3, 0.4) is 0 Å². The maximum Gasteiger partial charge on any atom is 0.306 e. The van der Waals surface area contributed by atoms with Gasteiger partial charge in [-0.05, 0) is 19.3 Å². The Morgan fingerprint density at radius 1 is 0.200 bits per heavy atom. The Bertz CT molecular complexity index is 1200. The third kappa shape index (κ3) is 67.2. The first-order valence-corrected chi connectivity index (χ1v) is 37.0. The van der Waals surface area contributed by atoms with E-state index in [2.05, 4.69) is 20.8 Å². The molecule has 0 N–H and O–H groups in total. The number of carbonyl (C=O) groups is 3. The molecule has 0 aromatic rings. The molecule has 6 heteroatoms. The summed E-state index contributed by atoms with van der Waals surface area (Å²) in [6, 6.07) is 0. The molecule has 0 bridgehead atoms. The second-order valence-corrected chi connectivity index (χ2v) is 25.6. The SMILES string of the molecule is CCCCCCCCCCCCCCCCCCCCCCCCCCCCCCCCCCCCCC(=O)OCC(COC(=O)CCCCCCCCC)OC(=O)CCCCCCCCCCCCCCCCCCCCCC. The number of rotatable bonds is 70. The average molecular weight is 1130 g/mol. The fourth-order valence-corrected chi connectivity index (χ4v) is 11.8. The van der Waals surface area contributed by atoms with Crippen molar-refractivity contribution in [1.29, 1.82) is 0 Å². The first-order chi connectivity index (χ1) is 39.5. The van der Waals surface area contributed by atoms with E-state index in [1.807, 2.05) is 0 Å². The Morgan fingerprint density at radius 2 is 0.338 bits per heavy atom. The molecule has 0 fully saturated rings. The van der Waals surface area contributed by atoms with Gasteiger partial charge >= 0.3 is 17.9 Å². The van der Waals surface area contributed by atoms with E-state index < -0.39 is 6.10 Å². The Morgan fingerprint density at radius 3 is 0.500 bits per heavy atom. The van der Waals surface area contributed by atoms with Crippen molar-refractivity contribution in [2.45, 2.75) is 444 Å². The van der Waals surface area contributed by atoms with Gasteiger partial charge in [-0.15, -0.1) is 0 Å². The molecular weight excluding hydrogens is 985 g/mol. The summed E-state index contributed by atoms with van der Waals surface area (Å²) in [5.74, 6) is -0.833. The van der Waals surface area contributed by atoms with Gasteiger partial charge in [0.05, 0.1) is 0 Å². The highest BCUT2D eigenvalue weighted by molar-refractivity contribution is 5.71. The predicted octanol–water partition coefficient (Wildman–Crippen LogP) is 25.4. The van der Waals surface area contributed by atoms with Crippen LogP contribution in [0.15, 0.2) is 0 Å². The van der Waals surface area contributed by atoms with E-state index in [0.717, 1.165) is 57.8 Å². The summed E-state index contributed by atoms with van der Waals surface area (Å²) in [4.78, 5) is 38.2. The Labute approximate surface area is 501 Å². The second-order valence-electron chi connectivity index (χ2n) is 25.6. The number of carbonyl (C=O) groups excluding carboxylic acids is 3. The molecule has 0 saturated heterocycles. The van der Waals surface area contributed by atoms with Crippen molar-refractivity contribution in [1.82, 2.24) is 0 Å². The number of hydrogen-bond donors (Lipinski definition) is 0. The maximum atomic E-state index is 12.9. The summed E-state index contributed by atoms with van der Waals surface area (Å²) in [5.41, 5.74) is 0. The van der Waals surface area contributed by atoms with Crippen molar-refractivity contribution in [2.24, 2.45) is 0 Å². The molecule has 0 aliphatic rings. The molecule has 0 aromatic heterocycles. The minimum Gasteiger partial charge on any atom is -0.462 e. The Balaban J connectivity index is 3.89. The van der Waals surface area contributed by atoms with Crippen LogP contribution in [0.2, 0.25) is 0 Å². The molecule has 0 aliphatic carbocycles. The summed E-state index contributed by atoms with van der Waals surface area (Å²) in [6.45, 7) is 6.69. The molecular formula is C74H144O6. The van der Waals surface area contributed by atoms with Gasteiger partial charge in [0.15, 0.2) is 6.10 Å². The molecule has 0 radical (unpaired) electrons. The van der Waals surface area contributed by atoms with E-state index in [-0.39, 0.29) is 31.1 Å². The maximum absolute atomic E-state index is 12.9. The first kappa shape index (κ1) is 78.4. The van der Waals surface area contributed by atoms with Gasteiger partial charge in [0, 0.05) is 19.3 Å². The predicted molar refractivity (Wildman–Crippen MR) is 349 cm³/mol. The van der Waals surface area contributed by atoms with Crippen LogP contribution >= 0.6 is 0 Å². The molecule has 0 aliphatic heterocycles. The lowest BCUT2D eigenvalue weighted by Crippen LogP contribution is -2.30. The van der Waals surface area contributed by atoms with E-state index in [9.17, 15) is 14.4 Å². The van der Waals surface area contributed by atoms with Crippen LogP contribution in [0, 0.1) is 0 Å². The first-order valence-electron chi connectivity index (χ1n) is 37.0. The molecule has 80 heavy (non-hydrogen) atoms. The highest BCUT2D eigenvalue weighted by Crippen LogP contribution is 2.20. The Kier molecular flexibility index (Phi) is 68.5. The second kappa shape index (κ2) is 69.9. The minimum absolute atomic E-state index is 0.0613. The van der Waals surface area contributed by atoms with Crippen LogP contribution in [-0.2, 0) is 28.6 Å². The monoisotopic (exact) mass is 1130 g/mol. The minimum atomic E-state index is -0.762. The average Bonchev–Trinajstić information content (AvgIpc) is 3.46. The van der Waals surface area contributed by atoms with E-state index in [4.69, 9.17) is 14.2 Å². The van der Waals surface area contributed by atoms with Crippen molar-refractivity contribution in [2.75, 3.05) is 13.2 Å². The Hall–Kier alpha value is -1.59. The lowest BCUT2D eigenvalue weighted by atomic mass is 10.0. The van der Waals surface area contributed by atoms with Crippen molar-refractivity contribution >= 4 is 17.9 Å². The molecule has 476 valence electrons. The van der Waals surface area contributed by atoms with Gasteiger partial charge in [0.25, 0.3) is 0 Å². The van der Waals surface area contributed by atoms with E-state index in [1.54, 1.807) is 0 Å². The van der Waals surface area contributed by atoms with Crippen molar-refractivity contribution < 1.29 is 28.6 Å². The molecule has 0 spiro atoms. The fourth-order valence-electron chi connectivity index (χ4n) is 11.8. The molecule has 1 unspecified atom stereocenters. The smallest absolute Gasteiger partial charge is 0.306 e. The lowest BCUT2D eigenvalue weighted by molar-refractivity contribution is -0.167. The van der Waals surface area contributed by atoms with Crippen LogP contribution in [0.5, 0.6) is 0 Å². The molecule has 1 atom stereocenters. The van der Waals surface area contributed by atoms with Gasteiger partial charge in [-0.25, -0.2) is 0 Å². The number of esters is 3. The third-order valence-electron chi connectivity index (χ3n) is 17.4. The number of unbranched alkanes of at least 4 members (excludes halogenated alkanes) is 59. The molecule has 0 rings (SSSR count). The number of ether oxygens (including phenoxy) is 3. The van der Waals surface area contributed by atoms with Gasteiger partial charge in [-0.3, -0.25) is 14.4 Å². The van der Waals surface area contributed by atoms with Crippen LogP contribution in [0.25, 0.3) is 0 Å². The van der Waals surface area contributed by atoms with Gasteiger partial charge < -0.3 is 14.2 Å². The molecule has 0 aromatic carbocycles. The summed E-state index contributed by atoms with van der Waals surface area (Å²) in [7, 11) is 0. The lowest BCUT2D eigenvalue weighted by Gasteiger charge is -2.18. The third-order valence-corrected chi connectivity index (χ3v) is 17.4. The van der Waals surface area contributed by atoms with E-state index in [1.165, 1.54) is 340 Å². The van der Waals surface area contributed by atoms with Crippen LogP contribution in [0.1, 0.15) is 438 Å². The van der Waals surface area contributed by atoms with Crippen LogP contribution in [-0.4, -0.2) is 37.2 Å². The fraction of sp³-hybridized carbons (Fsp3) is 0.959. The van der Waals surface area contributed by atoms with Crippen molar-refractivity contribution in [3.8, 4) is 0 Å². The largest absolute Gasteiger partial charge is 0.462 e. The highest BCUT2D eigenvalue weighted by Gasteiger charge is 2.20. The summed E-state index contributed by atoms with van der Waals surface area (Å²) < 4.78 is 16.9. The summed E-state index contributed by atoms with van der Waals surface area (Å²) in [5, 5.41) is 0. The molecule has 6 nitrogen and oxygen atoms in total. The van der Waals surface area contributed by atoms with Crippen LogP contribution < -0.4 is 0 Å². The summed E-state index contributed by atoms with van der Waals surface area (Å²) >= 11 is 0. The van der Waals surface area contributed by atoms with Gasteiger partial charge in [-0.1, -0.05) is 400 Å². The number of hydrogen-bond acceptors (Lipinski definition) is 6. The topological polar surface area (TPSA) is 78.9 Å². The van der Waals surface area contributed by atoms with Gasteiger partial charge in [0.1, 0.15) is 13.2 Å². The standard InChI is InChI=1S/C74H144O6/c1-4-7-10-13-16-18-20-22-24-26-28-30-31-32-33-34-35-36-37-38-39-40-41-42-43-44-46-47-49-51-53-55-58-61-64-67-73(76)79-70-71(69-78-72(75)66-63-60-57-15-12-9-6-3)80-74(77)68-65-62-59-56-54-52-50-48-45-29-27-25-23-21-19-17-14-11-8-5-2/h71H,4-70H2,1-3H3. The highest BCUT2D eigenvalue weighted by atomic mass is 16.6. The van der Waals surface area contributed by atoms with Crippen molar-refractivity contribution in [3.05, 3.63) is 0 Å². The normalized spacial score (nSPS) is 11.9. The zero-order valence-electron chi connectivity index (χ0n) is 54.9. The van der Waals surface area contributed by atoms with Gasteiger partial charge in [-0.2, -0.15) is 0 Å². The molecule has 0 heterocycles. The van der Waals surface area contributed by atoms with Crippen molar-refractivity contribution in [3.63, 3.8) is 0 Å². The quantitative estimate of drug-likeness (QED) is 0.0343.